The Kier molecular flexibility index (Phi) is 3.90. The Balaban J connectivity index is 2.73. The van der Waals surface area contributed by atoms with Crippen LogP contribution >= 0.6 is 15.9 Å². The van der Waals surface area contributed by atoms with E-state index in [1.165, 1.54) is 0 Å². The monoisotopic (exact) mass is 244 g/mol. The average Bonchev–Trinajstić information content (AvgIpc) is 2.17. The minimum atomic E-state index is -0.666. The summed E-state index contributed by atoms with van der Waals surface area (Å²) < 4.78 is 0. The lowest BCUT2D eigenvalue weighted by atomic mass is 10.0. The third-order valence-corrected chi connectivity index (χ3v) is 3.17. The summed E-state index contributed by atoms with van der Waals surface area (Å²) in [4.78, 5) is -0.324. The number of rotatable bonds is 3. The summed E-state index contributed by atoms with van der Waals surface area (Å²) in [6.45, 7) is 1.64. The molecule has 3 atom stereocenters. The van der Waals surface area contributed by atoms with Gasteiger partial charge in [-0.25, -0.2) is 0 Å². The number of aliphatic hydroxyl groups excluding tert-OH is 2. The molecule has 0 bridgehead atoms. The number of benzene rings is 1. The highest BCUT2D eigenvalue weighted by molar-refractivity contribution is 9.09. The van der Waals surface area contributed by atoms with Gasteiger partial charge in [-0.1, -0.05) is 46.3 Å². The summed E-state index contributed by atoms with van der Waals surface area (Å²) in [5, 5.41) is 19.0. The minimum Gasteiger partial charge on any atom is -0.392 e. The van der Waals surface area contributed by atoms with Crippen LogP contribution in [0.5, 0.6) is 0 Å². The lowest BCUT2D eigenvalue weighted by Crippen LogP contribution is -2.23. The van der Waals surface area contributed by atoms with Crippen molar-refractivity contribution in [2.75, 3.05) is 0 Å². The van der Waals surface area contributed by atoms with Gasteiger partial charge in [0.15, 0.2) is 0 Å². The summed E-state index contributed by atoms with van der Waals surface area (Å²) in [6, 6.07) is 9.28. The fourth-order valence-corrected chi connectivity index (χ4v) is 1.40. The molecule has 1 aromatic rings. The molecule has 0 aromatic heterocycles. The van der Waals surface area contributed by atoms with Crippen LogP contribution in [-0.4, -0.2) is 21.1 Å². The first-order valence-corrected chi connectivity index (χ1v) is 5.09. The van der Waals surface area contributed by atoms with Crippen LogP contribution in [0.25, 0.3) is 0 Å². The number of hydrogen-bond donors (Lipinski definition) is 2. The molecule has 0 saturated carbocycles. The molecule has 2 N–H and O–H groups in total. The Morgan fingerprint density at radius 2 is 1.69 bits per heavy atom. The second kappa shape index (κ2) is 4.74. The lowest BCUT2D eigenvalue weighted by molar-refractivity contribution is 0.102. The van der Waals surface area contributed by atoms with Crippen LogP contribution in [0.3, 0.4) is 0 Å². The second-order valence-corrected chi connectivity index (χ2v) is 4.10. The molecule has 0 spiro atoms. The van der Waals surface area contributed by atoms with E-state index in [0.717, 1.165) is 5.56 Å². The molecule has 0 fully saturated rings. The van der Waals surface area contributed by atoms with Crippen molar-refractivity contribution in [1.82, 2.24) is 0 Å². The highest BCUT2D eigenvalue weighted by atomic mass is 79.9. The zero-order valence-corrected chi connectivity index (χ0v) is 8.98. The maximum absolute atomic E-state index is 9.75. The van der Waals surface area contributed by atoms with Gasteiger partial charge in [0.1, 0.15) is 0 Å². The van der Waals surface area contributed by atoms with Crippen molar-refractivity contribution in [1.29, 1.82) is 0 Å². The van der Waals surface area contributed by atoms with Gasteiger partial charge in [-0.05, 0) is 12.5 Å². The standard InChI is InChI=1S/C10H13BrO2/c1-7(12)9(11)10(13)8-5-3-2-4-6-8/h2-7,9-10,12-13H,1H3/t7-,9+,10-/m1/s1. The van der Waals surface area contributed by atoms with Crippen LogP contribution in [0.2, 0.25) is 0 Å². The second-order valence-electron chi connectivity index (χ2n) is 3.04. The van der Waals surface area contributed by atoms with Gasteiger partial charge in [-0.2, -0.15) is 0 Å². The topological polar surface area (TPSA) is 40.5 Å². The SMILES string of the molecule is C[C@@H](O)[C@H](Br)[C@H](O)c1ccccc1. The fourth-order valence-electron chi connectivity index (χ4n) is 1.10. The summed E-state index contributed by atoms with van der Waals surface area (Å²) >= 11 is 3.24. The van der Waals surface area contributed by atoms with Crippen LogP contribution in [0.1, 0.15) is 18.6 Å². The average molecular weight is 245 g/mol. The molecule has 0 saturated heterocycles. The number of halogens is 1. The Labute approximate surface area is 86.3 Å². The molecular weight excluding hydrogens is 232 g/mol. The van der Waals surface area contributed by atoms with Crippen molar-refractivity contribution in [3.8, 4) is 0 Å². The van der Waals surface area contributed by atoms with Crippen molar-refractivity contribution < 1.29 is 10.2 Å². The Hall–Kier alpha value is -0.380. The molecule has 0 aliphatic carbocycles. The molecule has 0 unspecified atom stereocenters. The summed E-state index contributed by atoms with van der Waals surface area (Å²) in [5.74, 6) is 0. The third kappa shape index (κ3) is 2.79. The van der Waals surface area contributed by atoms with Gasteiger partial charge < -0.3 is 10.2 Å². The number of alkyl halides is 1. The van der Waals surface area contributed by atoms with Crippen LogP contribution in [0.4, 0.5) is 0 Å². The highest BCUT2D eigenvalue weighted by Crippen LogP contribution is 2.24. The molecule has 0 aliphatic rings. The molecule has 0 heterocycles. The quantitative estimate of drug-likeness (QED) is 0.798. The van der Waals surface area contributed by atoms with Crippen LogP contribution in [0, 0.1) is 0 Å². The van der Waals surface area contributed by atoms with Gasteiger partial charge in [-0.15, -0.1) is 0 Å². The Morgan fingerprint density at radius 1 is 1.15 bits per heavy atom. The van der Waals surface area contributed by atoms with Gasteiger partial charge >= 0.3 is 0 Å². The van der Waals surface area contributed by atoms with E-state index in [1.807, 2.05) is 30.3 Å². The van der Waals surface area contributed by atoms with E-state index in [9.17, 15) is 10.2 Å². The van der Waals surface area contributed by atoms with E-state index >= 15 is 0 Å². The molecular formula is C10H13BrO2. The molecule has 3 heteroatoms. The van der Waals surface area contributed by atoms with Gasteiger partial charge in [0.05, 0.1) is 17.0 Å². The van der Waals surface area contributed by atoms with E-state index in [0.29, 0.717) is 0 Å². The minimum absolute atomic E-state index is 0.324. The van der Waals surface area contributed by atoms with E-state index < -0.39 is 12.2 Å². The third-order valence-electron chi connectivity index (χ3n) is 1.90. The molecule has 2 nitrogen and oxygen atoms in total. The largest absolute Gasteiger partial charge is 0.392 e. The van der Waals surface area contributed by atoms with E-state index in [2.05, 4.69) is 15.9 Å². The predicted octanol–water partition coefficient (Wildman–Crippen LogP) is 1.86. The van der Waals surface area contributed by atoms with E-state index in [-0.39, 0.29) is 4.83 Å². The van der Waals surface area contributed by atoms with Crippen molar-refractivity contribution in [3.05, 3.63) is 35.9 Å². The predicted molar refractivity (Wildman–Crippen MR) is 55.8 cm³/mol. The highest BCUT2D eigenvalue weighted by Gasteiger charge is 2.21. The van der Waals surface area contributed by atoms with Gasteiger partial charge in [-0.3, -0.25) is 0 Å². The fraction of sp³-hybridized carbons (Fsp3) is 0.400. The van der Waals surface area contributed by atoms with Gasteiger partial charge in [0.2, 0.25) is 0 Å². The van der Waals surface area contributed by atoms with E-state index in [4.69, 9.17) is 0 Å². The van der Waals surface area contributed by atoms with Crippen LogP contribution < -0.4 is 0 Å². The van der Waals surface area contributed by atoms with Crippen LogP contribution in [0.15, 0.2) is 30.3 Å². The maximum Gasteiger partial charge on any atom is 0.0940 e. The summed E-state index contributed by atoms with van der Waals surface area (Å²) in [6.07, 6.45) is -1.24. The molecule has 0 aliphatic heterocycles. The molecule has 1 aromatic carbocycles. The summed E-state index contributed by atoms with van der Waals surface area (Å²) in [5.41, 5.74) is 0.810. The van der Waals surface area contributed by atoms with Crippen molar-refractivity contribution in [2.45, 2.75) is 24.0 Å². The van der Waals surface area contributed by atoms with Crippen molar-refractivity contribution in [2.24, 2.45) is 0 Å². The first-order valence-electron chi connectivity index (χ1n) is 4.18. The zero-order valence-electron chi connectivity index (χ0n) is 7.39. The molecule has 72 valence electrons. The molecule has 1 rings (SSSR count). The van der Waals surface area contributed by atoms with Gasteiger partial charge in [0.25, 0.3) is 0 Å². The Bertz CT molecular complexity index is 248. The zero-order chi connectivity index (χ0) is 9.84. The van der Waals surface area contributed by atoms with Crippen LogP contribution in [-0.2, 0) is 0 Å². The van der Waals surface area contributed by atoms with Crippen molar-refractivity contribution >= 4 is 15.9 Å². The normalized spacial score (nSPS) is 17.8. The molecule has 13 heavy (non-hydrogen) atoms. The summed E-state index contributed by atoms with van der Waals surface area (Å²) in [7, 11) is 0. The number of hydrogen-bond acceptors (Lipinski definition) is 2. The lowest BCUT2D eigenvalue weighted by Gasteiger charge is -2.19. The first kappa shape index (κ1) is 10.7. The first-order chi connectivity index (χ1) is 6.13. The van der Waals surface area contributed by atoms with E-state index in [1.54, 1.807) is 6.92 Å². The maximum atomic E-state index is 9.75. The number of aliphatic hydroxyl groups is 2. The molecule has 0 radical (unpaired) electrons. The van der Waals surface area contributed by atoms with Crippen molar-refractivity contribution in [3.63, 3.8) is 0 Å². The molecule has 0 amide bonds. The Morgan fingerprint density at radius 3 is 2.15 bits per heavy atom. The smallest absolute Gasteiger partial charge is 0.0940 e. The van der Waals surface area contributed by atoms with Gasteiger partial charge in [0, 0.05) is 0 Å².